The summed E-state index contributed by atoms with van der Waals surface area (Å²) in [4.78, 5) is 8.34. The van der Waals surface area contributed by atoms with Gasteiger partial charge in [-0.1, -0.05) is 0 Å². The Morgan fingerprint density at radius 1 is 1.44 bits per heavy atom. The second-order valence-electron chi connectivity index (χ2n) is 4.59. The topological polar surface area (TPSA) is 73.8 Å². The third kappa shape index (κ3) is 2.01. The van der Waals surface area contributed by atoms with Crippen LogP contribution in [0, 0.1) is 13.8 Å². The Kier molecular flexibility index (Phi) is 3.38. The van der Waals surface area contributed by atoms with Crippen molar-refractivity contribution in [3.8, 4) is 0 Å². The molecule has 0 aliphatic rings. The highest BCUT2D eigenvalue weighted by Crippen LogP contribution is 2.27. The van der Waals surface area contributed by atoms with E-state index in [0.29, 0.717) is 12.4 Å². The van der Waals surface area contributed by atoms with Crippen LogP contribution in [0.2, 0.25) is 0 Å². The summed E-state index contributed by atoms with van der Waals surface area (Å²) in [6, 6.07) is 0. The standard InChI is InChI=1S/C12H18N4OS/c1-7(18(4)17)5-16-9(3)8(2)10-11(13)14-6-15-12(10)16/h6-7H,5H2,1-4H3,(H2,13,14,15). The Morgan fingerprint density at radius 2 is 2.11 bits per heavy atom. The molecular formula is C12H18N4OS. The molecule has 2 atom stereocenters. The van der Waals surface area contributed by atoms with Crippen LogP contribution in [0.4, 0.5) is 5.82 Å². The number of hydrogen-bond acceptors (Lipinski definition) is 4. The van der Waals surface area contributed by atoms with Crippen LogP contribution >= 0.6 is 0 Å². The molecule has 0 aromatic carbocycles. The number of nitrogens with zero attached hydrogens (tertiary/aromatic N) is 3. The molecular weight excluding hydrogens is 248 g/mol. The number of fused-ring (bicyclic) bond motifs is 1. The van der Waals surface area contributed by atoms with E-state index in [1.165, 1.54) is 6.33 Å². The Labute approximate surface area is 109 Å². The van der Waals surface area contributed by atoms with E-state index in [1.54, 1.807) is 6.26 Å². The largest absolute Gasteiger partial charge is 0.383 e. The zero-order chi connectivity index (χ0) is 13.4. The molecule has 0 saturated heterocycles. The fraction of sp³-hybridized carbons (Fsp3) is 0.500. The predicted molar refractivity (Wildman–Crippen MR) is 74.9 cm³/mol. The fourth-order valence-corrected chi connectivity index (χ4v) is 2.44. The van der Waals surface area contributed by atoms with Gasteiger partial charge in [0.2, 0.25) is 0 Å². The second-order valence-corrected chi connectivity index (χ2v) is 6.39. The SMILES string of the molecule is Cc1c(C)n(CC(C)S(C)=O)c2ncnc(N)c12. The lowest BCUT2D eigenvalue weighted by atomic mass is 10.2. The maximum atomic E-state index is 11.5. The lowest BCUT2D eigenvalue weighted by Crippen LogP contribution is -2.18. The molecule has 2 unspecified atom stereocenters. The molecule has 0 aliphatic carbocycles. The van der Waals surface area contributed by atoms with Crippen molar-refractivity contribution < 1.29 is 4.21 Å². The van der Waals surface area contributed by atoms with E-state index in [0.717, 1.165) is 22.3 Å². The summed E-state index contributed by atoms with van der Waals surface area (Å²) >= 11 is 0. The molecule has 6 heteroatoms. The van der Waals surface area contributed by atoms with Crippen LogP contribution in [0.15, 0.2) is 6.33 Å². The molecule has 2 aromatic heterocycles. The van der Waals surface area contributed by atoms with Gasteiger partial charge in [0.1, 0.15) is 17.8 Å². The first-order valence-corrected chi connectivity index (χ1v) is 7.43. The minimum atomic E-state index is -0.854. The average molecular weight is 266 g/mol. The summed E-state index contributed by atoms with van der Waals surface area (Å²) in [5, 5.41) is 0.985. The van der Waals surface area contributed by atoms with Crippen molar-refractivity contribution in [2.24, 2.45) is 0 Å². The molecule has 98 valence electrons. The van der Waals surface area contributed by atoms with Crippen LogP contribution in [0.25, 0.3) is 11.0 Å². The van der Waals surface area contributed by atoms with Crippen molar-refractivity contribution in [2.45, 2.75) is 32.6 Å². The van der Waals surface area contributed by atoms with Crippen molar-refractivity contribution in [3.05, 3.63) is 17.6 Å². The van der Waals surface area contributed by atoms with Crippen LogP contribution in [0.1, 0.15) is 18.2 Å². The van der Waals surface area contributed by atoms with Crippen molar-refractivity contribution in [1.29, 1.82) is 0 Å². The summed E-state index contributed by atoms with van der Waals surface area (Å²) < 4.78 is 13.6. The molecule has 0 bridgehead atoms. The van der Waals surface area contributed by atoms with Gasteiger partial charge in [0.05, 0.1) is 5.39 Å². The van der Waals surface area contributed by atoms with E-state index < -0.39 is 10.8 Å². The van der Waals surface area contributed by atoms with Gasteiger partial charge in [0.15, 0.2) is 0 Å². The summed E-state index contributed by atoms with van der Waals surface area (Å²) in [7, 11) is -0.854. The number of hydrogen-bond donors (Lipinski definition) is 1. The van der Waals surface area contributed by atoms with Gasteiger partial charge in [-0.05, 0) is 26.3 Å². The molecule has 18 heavy (non-hydrogen) atoms. The van der Waals surface area contributed by atoms with Gasteiger partial charge in [-0.25, -0.2) is 9.97 Å². The van der Waals surface area contributed by atoms with Gasteiger partial charge in [-0.15, -0.1) is 0 Å². The van der Waals surface area contributed by atoms with Crippen LogP contribution in [0.5, 0.6) is 0 Å². The van der Waals surface area contributed by atoms with E-state index >= 15 is 0 Å². The number of aryl methyl sites for hydroxylation is 1. The quantitative estimate of drug-likeness (QED) is 0.911. The van der Waals surface area contributed by atoms with Crippen molar-refractivity contribution in [3.63, 3.8) is 0 Å². The number of rotatable bonds is 3. The lowest BCUT2D eigenvalue weighted by Gasteiger charge is -2.12. The summed E-state index contributed by atoms with van der Waals surface area (Å²) in [6.07, 6.45) is 3.20. The number of nitrogen functional groups attached to an aromatic ring is 1. The first-order valence-electron chi connectivity index (χ1n) is 5.81. The average Bonchev–Trinajstić information content (AvgIpc) is 2.55. The monoisotopic (exact) mass is 266 g/mol. The van der Waals surface area contributed by atoms with E-state index in [4.69, 9.17) is 5.73 Å². The maximum absolute atomic E-state index is 11.5. The normalized spacial score (nSPS) is 14.9. The van der Waals surface area contributed by atoms with Crippen molar-refractivity contribution >= 4 is 27.7 Å². The highest BCUT2D eigenvalue weighted by Gasteiger charge is 2.17. The number of anilines is 1. The van der Waals surface area contributed by atoms with Gasteiger partial charge in [-0.3, -0.25) is 4.21 Å². The molecule has 0 spiro atoms. The Morgan fingerprint density at radius 3 is 2.72 bits per heavy atom. The van der Waals surface area contributed by atoms with Gasteiger partial charge in [0, 0.05) is 34.5 Å². The minimum Gasteiger partial charge on any atom is -0.383 e. The van der Waals surface area contributed by atoms with Crippen LogP contribution < -0.4 is 5.73 Å². The molecule has 2 heterocycles. The molecule has 0 aliphatic heterocycles. The third-order valence-corrected chi connectivity index (χ3v) is 4.72. The Balaban J connectivity index is 2.61. The zero-order valence-electron chi connectivity index (χ0n) is 11.1. The molecule has 2 N–H and O–H groups in total. The van der Waals surface area contributed by atoms with Crippen LogP contribution in [0.3, 0.4) is 0 Å². The first-order chi connectivity index (χ1) is 8.43. The Bertz CT molecular complexity index is 620. The highest BCUT2D eigenvalue weighted by atomic mass is 32.2. The zero-order valence-corrected chi connectivity index (χ0v) is 11.9. The molecule has 2 rings (SSSR count). The minimum absolute atomic E-state index is 0.0786. The van der Waals surface area contributed by atoms with Gasteiger partial charge < -0.3 is 10.3 Å². The molecule has 0 radical (unpaired) electrons. The van der Waals surface area contributed by atoms with E-state index in [2.05, 4.69) is 14.5 Å². The second kappa shape index (κ2) is 4.68. The summed E-state index contributed by atoms with van der Waals surface area (Å²) in [5.41, 5.74) is 8.93. The molecule has 0 saturated carbocycles. The van der Waals surface area contributed by atoms with Crippen molar-refractivity contribution in [1.82, 2.24) is 14.5 Å². The van der Waals surface area contributed by atoms with Crippen LogP contribution in [-0.2, 0) is 17.3 Å². The first kappa shape index (κ1) is 13.0. The molecule has 2 aromatic rings. The third-order valence-electron chi connectivity index (χ3n) is 3.44. The number of aromatic nitrogens is 3. The molecule has 5 nitrogen and oxygen atoms in total. The molecule has 0 amide bonds. The smallest absolute Gasteiger partial charge is 0.145 e. The van der Waals surface area contributed by atoms with Crippen LogP contribution in [-0.4, -0.2) is 30.2 Å². The Hall–Kier alpha value is -1.43. The predicted octanol–water partition coefficient (Wildman–Crippen LogP) is 1.40. The van der Waals surface area contributed by atoms with Crippen molar-refractivity contribution in [2.75, 3.05) is 12.0 Å². The van der Waals surface area contributed by atoms with E-state index in [1.807, 2.05) is 20.8 Å². The summed E-state index contributed by atoms with van der Waals surface area (Å²) in [6.45, 7) is 6.69. The maximum Gasteiger partial charge on any atom is 0.145 e. The van der Waals surface area contributed by atoms with E-state index in [9.17, 15) is 4.21 Å². The van der Waals surface area contributed by atoms with E-state index in [-0.39, 0.29) is 5.25 Å². The fourth-order valence-electron chi connectivity index (χ4n) is 2.08. The summed E-state index contributed by atoms with van der Waals surface area (Å²) in [5.74, 6) is 0.504. The van der Waals surface area contributed by atoms with Gasteiger partial charge >= 0.3 is 0 Å². The van der Waals surface area contributed by atoms with Gasteiger partial charge in [-0.2, -0.15) is 0 Å². The number of nitrogens with two attached hydrogens (primary N) is 1. The lowest BCUT2D eigenvalue weighted by molar-refractivity contribution is 0.643. The molecule has 0 fully saturated rings. The highest BCUT2D eigenvalue weighted by molar-refractivity contribution is 7.84. The van der Waals surface area contributed by atoms with Gasteiger partial charge in [0.25, 0.3) is 0 Å².